The van der Waals surface area contributed by atoms with Gasteiger partial charge in [-0.25, -0.2) is 8.78 Å². The Morgan fingerprint density at radius 2 is 1.86 bits per heavy atom. The number of rotatable bonds is 7. The van der Waals surface area contributed by atoms with Gasteiger partial charge in [-0.3, -0.25) is 4.21 Å². The highest BCUT2D eigenvalue weighted by molar-refractivity contribution is 7.84. The van der Waals surface area contributed by atoms with Gasteiger partial charge >= 0.3 is 6.18 Å². The second-order valence-electron chi connectivity index (χ2n) is 8.10. The topological polar surface area (TPSA) is 55.3 Å². The average Bonchev–Trinajstić information content (AvgIpc) is 3.30. The second-order valence-corrected chi connectivity index (χ2v) is 9.48. The first kappa shape index (κ1) is 28.3. The van der Waals surface area contributed by atoms with Gasteiger partial charge in [-0.05, 0) is 42.3 Å². The van der Waals surface area contributed by atoms with Crippen LogP contribution in [-0.2, 0) is 17.3 Å². The lowest BCUT2D eigenvalue weighted by atomic mass is 10.2. The van der Waals surface area contributed by atoms with Crippen LogP contribution in [0.25, 0.3) is 10.9 Å². The predicted molar refractivity (Wildman–Crippen MR) is 137 cm³/mol. The molecule has 37 heavy (non-hydrogen) atoms. The molecule has 2 N–H and O–H groups in total. The van der Waals surface area contributed by atoms with Gasteiger partial charge in [0, 0.05) is 39.4 Å². The number of hydrogen-bond acceptors (Lipinski definition) is 4. The Hall–Kier alpha value is -3.26. The van der Waals surface area contributed by atoms with Crippen LogP contribution in [0.1, 0.15) is 26.0 Å². The molecule has 1 aromatic heterocycles. The Balaban J connectivity index is 0.00000186. The lowest BCUT2D eigenvalue weighted by Gasteiger charge is -2.12. The molecule has 200 valence electrons. The monoisotopic (exact) mass is 541 g/mol. The van der Waals surface area contributed by atoms with Gasteiger partial charge in [-0.15, -0.1) is 0 Å². The third-order valence-electron chi connectivity index (χ3n) is 5.53. The molecule has 0 amide bonds. The Morgan fingerprint density at radius 1 is 1.16 bits per heavy atom. The molecule has 5 nitrogen and oxygen atoms in total. The van der Waals surface area contributed by atoms with Crippen molar-refractivity contribution in [1.29, 1.82) is 0 Å². The molecule has 1 aliphatic carbocycles. The van der Waals surface area contributed by atoms with Crippen LogP contribution in [0.2, 0.25) is 0 Å². The van der Waals surface area contributed by atoms with E-state index in [4.69, 9.17) is 4.74 Å². The van der Waals surface area contributed by atoms with Gasteiger partial charge in [0.1, 0.15) is 12.3 Å². The van der Waals surface area contributed by atoms with Crippen molar-refractivity contribution in [3.05, 3.63) is 48.2 Å². The molecule has 0 saturated heterocycles. The van der Waals surface area contributed by atoms with Gasteiger partial charge in [0.25, 0.3) is 5.92 Å². The quantitative estimate of drug-likeness (QED) is 0.274. The Morgan fingerprint density at radius 3 is 2.46 bits per heavy atom. The third kappa shape index (κ3) is 6.95. The molecule has 4 rings (SSSR count). The predicted octanol–water partition coefficient (Wildman–Crippen LogP) is 6.26. The van der Waals surface area contributed by atoms with Crippen LogP contribution in [0.15, 0.2) is 47.4 Å². The fourth-order valence-corrected chi connectivity index (χ4v) is 4.22. The van der Waals surface area contributed by atoms with Crippen LogP contribution in [0, 0.1) is 11.8 Å². The largest absolute Gasteiger partial charge is 0.495 e. The van der Waals surface area contributed by atoms with E-state index in [1.807, 2.05) is 13.8 Å². The van der Waals surface area contributed by atoms with Crippen LogP contribution in [-0.4, -0.2) is 46.8 Å². The summed E-state index contributed by atoms with van der Waals surface area (Å²) in [5.74, 6) is 3.20. The molecular weight excluding hydrogens is 513 g/mol. The number of alkyl halides is 5. The van der Waals surface area contributed by atoms with Crippen LogP contribution in [0.3, 0.4) is 0 Å². The molecule has 1 saturated carbocycles. The van der Waals surface area contributed by atoms with Crippen molar-refractivity contribution in [3.8, 4) is 17.6 Å². The van der Waals surface area contributed by atoms with Crippen molar-refractivity contribution in [2.45, 2.75) is 49.8 Å². The van der Waals surface area contributed by atoms with Gasteiger partial charge in [0.15, 0.2) is 0 Å². The maximum atomic E-state index is 13.4. The van der Waals surface area contributed by atoms with Gasteiger partial charge < -0.3 is 19.9 Å². The smallest absolute Gasteiger partial charge is 0.406 e. The summed E-state index contributed by atoms with van der Waals surface area (Å²) in [7, 11) is 0.282. The first-order chi connectivity index (χ1) is 17.5. The van der Waals surface area contributed by atoms with E-state index >= 15 is 0 Å². The van der Waals surface area contributed by atoms with E-state index in [2.05, 4.69) is 22.5 Å². The molecule has 0 bridgehead atoms. The minimum atomic E-state index is -4.50. The van der Waals surface area contributed by atoms with Crippen LogP contribution in [0.4, 0.5) is 33.3 Å². The summed E-state index contributed by atoms with van der Waals surface area (Å²) in [5.41, 5.74) is 1.28. The van der Waals surface area contributed by atoms with Crippen LogP contribution < -0.4 is 15.4 Å². The number of aromatic nitrogens is 1. The third-order valence-corrected chi connectivity index (χ3v) is 6.45. The molecule has 2 unspecified atom stereocenters. The van der Waals surface area contributed by atoms with E-state index in [0.29, 0.717) is 27.4 Å². The Kier molecular flexibility index (Phi) is 8.74. The normalized spacial score (nSPS) is 16.6. The highest BCUT2D eigenvalue weighted by Crippen LogP contribution is 2.44. The van der Waals surface area contributed by atoms with Crippen LogP contribution in [0.5, 0.6) is 5.75 Å². The fraction of sp³-hybridized carbons (Fsp3) is 0.385. The number of anilines is 2. The highest BCUT2D eigenvalue weighted by atomic mass is 32.2. The van der Waals surface area contributed by atoms with E-state index in [1.54, 1.807) is 30.5 Å². The molecule has 2 aromatic carbocycles. The molecule has 1 fully saturated rings. The minimum Gasteiger partial charge on any atom is -0.495 e. The SMILES string of the molecule is CC.COc1cc(S(C)=O)ccc1NCC#Cc1cc2c(NC3CC3(F)F)cccc2n1CC(F)(F)F. The number of nitrogens with one attached hydrogen (secondary N) is 2. The first-order valence-electron chi connectivity index (χ1n) is 11.6. The molecule has 0 radical (unpaired) electrons. The van der Waals surface area contributed by atoms with Crippen molar-refractivity contribution in [2.75, 3.05) is 30.5 Å². The van der Waals surface area contributed by atoms with Gasteiger partial charge in [0.2, 0.25) is 0 Å². The number of nitrogens with zero attached hydrogens (tertiary/aromatic N) is 1. The zero-order valence-corrected chi connectivity index (χ0v) is 21.6. The number of fused-ring (bicyclic) bond motifs is 1. The summed E-state index contributed by atoms with van der Waals surface area (Å²) in [4.78, 5) is 0.587. The maximum absolute atomic E-state index is 13.4. The zero-order chi connectivity index (χ0) is 27.4. The van der Waals surface area contributed by atoms with E-state index < -0.39 is 35.5 Å². The van der Waals surface area contributed by atoms with Crippen LogP contribution >= 0.6 is 0 Å². The lowest BCUT2D eigenvalue weighted by Crippen LogP contribution is -2.18. The molecule has 0 spiro atoms. The summed E-state index contributed by atoms with van der Waals surface area (Å²) in [6, 6.07) is 10.0. The summed E-state index contributed by atoms with van der Waals surface area (Å²) in [5, 5.41) is 6.15. The zero-order valence-electron chi connectivity index (χ0n) is 20.8. The maximum Gasteiger partial charge on any atom is 0.406 e. The van der Waals surface area contributed by atoms with Gasteiger partial charge in [0.05, 0.1) is 36.6 Å². The van der Waals surface area contributed by atoms with E-state index in [-0.39, 0.29) is 24.2 Å². The second kappa shape index (κ2) is 11.4. The van der Waals surface area contributed by atoms with Crippen molar-refractivity contribution >= 4 is 33.1 Å². The number of benzene rings is 2. The van der Waals surface area contributed by atoms with Crippen molar-refractivity contribution < 1.29 is 30.9 Å². The molecule has 11 heteroatoms. The molecular formula is C26H28F5N3O2S. The summed E-state index contributed by atoms with van der Waals surface area (Å²) < 4.78 is 84.6. The standard InChI is InChI=1S/C24H22F5N3O2S.C2H6/c1-34-21-12-16(35(2)33)8-9-19(21)30-10-4-5-15-11-17-18(31-22-13-23(22,25)26)6-3-7-20(17)32(15)14-24(27,28)29;1-2/h3,6-9,11-12,22,30-31H,10,13-14H2,1-2H3;1-2H3. The van der Waals surface area contributed by atoms with E-state index in [9.17, 15) is 26.2 Å². The van der Waals surface area contributed by atoms with Crippen molar-refractivity contribution in [2.24, 2.45) is 0 Å². The van der Waals surface area contributed by atoms with Gasteiger partial charge in [-0.2, -0.15) is 13.2 Å². The average molecular weight is 542 g/mol. The number of methoxy groups -OCH3 is 1. The highest BCUT2D eigenvalue weighted by Gasteiger charge is 2.57. The van der Waals surface area contributed by atoms with Crippen molar-refractivity contribution in [3.63, 3.8) is 0 Å². The summed E-state index contributed by atoms with van der Waals surface area (Å²) in [6.07, 6.45) is -3.27. The molecule has 2 atom stereocenters. The van der Waals surface area contributed by atoms with E-state index in [0.717, 1.165) is 4.57 Å². The molecule has 0 aliphatic heterocycles. The summed E-state index contributed by atoms with van der Waals surface area (Å²) in [6.45, 7) is 2.83. The van der Waals surface area contributed by atoms with Crippen molar-refractivity contribution in [1.82, 2.24) is 4.57 Å². The Bertz CT molecular complexity index is 1340. The van der Waals surface area contributed by atoms with Gasteiger partial charge in [-0.1, -0.05) is 25.8 Å². The minimum absolute atomic E-state index is 0.0951. The van der Waals surface area contributed by atoms with E-state index in [1.165, 1.54) is 25.3 Å². The number of hydrogen-bond donors (Lipinski definition) is 2. The fourth-order valence-electron chi connectivity index (χ4n) is 3.69. The number of halogens is 5. The first-order valence-corrected chi connectivity index (χ1v) is 13.1. The summed E-state index contributed by atoms with van der Waals surface area (Å²) >= 11 is 0. The molecule has 1 heterocycles. The molecule has 1 aliphatic rings. The number of ether oxygens (including phenoxy) is 1. The Labute approximate surface area is 214 Å². The lowest BCUT2D eigenvalue weighted by molar-refractivity contribution is -0.140. The molecule has 3 aromatic rings.